The van der Waals surface area contributed by atoms with Crippen LogP contribution in [0.1, 0.15) is 22.9 Å². The van der Waals surface area contributed by atoms with Crippen LogP contribution in [-0.2, 0) is 22.7 Å². The molecular formula is C20H17F3N2O2S. The average Bonchev–Trinajstić information content (AvgIpc) is 3.16. The van der Waals surface area contributed by atoms with Gasteiger partial charge < -0.3 is 4.57 Å². The minimum atomic E-state index is -4.51. The molecule has 2 heterocycles. The Morgan fingerprint density at radius 2 is 1.54 bits per heavy atom. The van der Waals surface area contributed by atoms with Gasteiger partial charge in [0, 0.05) is 25.0 Å². The summed E-state index contributed by atoms with van der Waals surface area (Å²) < 4.78 is 68.4. The van der Waals surface area contributed by atoms with E-state index in [1.54, 1.807) is 0 Å². The smallest absolute Gasteiger partial charge is 0.348 e. The standard InChI is InChI=1S/C20H17F3N2O2S/c21-20(22,23)16-8-10-17(11-9-16)28(26,27)25-14-13-24-12-4-7-18(24)19(25)15-5-2-1-3-6-15/h1-12,19H,13-14H2. The molecule has 8 heteroatoms. The Balaban J connectivity index is 1.78. The largest absolute Gasteiger partial charge is 0.416 e. The van der Waals surface area contributed by atoms with Crippen LogP contribution in [0.5, 0.6) is 0 Å². The molecule has 0 bridgehead atoms. The number of aromatic nitrogens is 1. The first-order valence-corrected chi connectivity index (χ1v) is 10.1. The van der Waals surface area contributed by atoms with Gasteiger partial charge in [-0.25, -0.2) is 8.42 Å². The molecule has 2 aromatic carbocycles. The van der Waals surface area contributed by atoms with E-state index in [0.717, 1.165) is 35.5 Å². The summed E-state index contributed by atoms with van der Waals surface area (Å²) in [7, 11) is -3.99. The van der Waals surface area contributed by atoms with E-state index in [4.69, 9.17) is 0 Å². The summed E-state index contributed by atoms with van der Waals surface area (Å²) in [5.41, 5.74) is 0.754. The van der Waals surface area contributed by atoms with Crippen LogP contribution in [0, 0.1) is 0 Å². The lowest BCUT2D eigenvalue weighted by molar-refractivity contribution is -0.137. The van der Waals surface area contributed by atoms with Crippen molar-refractivity contribution in [2.24, 2.45) is 0 Å². The first-order chi connectivity index (χ1) is 13.3. The molecule has 4 rings (SSSR count). The fraction of sp³-hybridized carbons (Fsp3) is 0.200. The van der Waals surface area contributed by atoms with E-state index in [0.29, 0.717) is 6.54 Å². The Bertz CT molecular complexity index is 1070. The number of sulfonamides is 1. The summed E-state index contributed by atoms with van der Waals surface area (Å²) >= 11 is 0. The predicted molar refractivity (Wildman–Crippen MR) is 98.1 cm³/mol. The van der Waals surface area contributed by atoms with Gasteiger partial charge in [0.1, 0.15) is 0 Å². The van der Waals surface area contributed by atoms with Crippen LogP contribution in [-0.4, -0.2) is 23.8 Å². The minimum absolute atomic E-state index is 0.151. The highest BCUT2D eigenvalue weighted by molar-refractivity contribution is 7.89. The average molecular weight is 406 g/mol. The van der Waals surface area contributed by atoms with E-state index < -0.39 is 27.8 Å². The topological polar surface area (TPSA) is 42.3 Å². The third kappa shape index (κ3) is 3.22. The highest BCUT2D eigenvalue weighted by Crippen LogP contribution is 2.37. The zero-order valence-electron chi connectivity index (χ0n) is 14.7. The first-order valence-electron chi connectivity index (χ1n) is 8.67. The Hall–Kier alpha value is -2.58. The summed E-state index contributed by atoms with van der Waals surface area (Å²) in [6.45, 7) is 0.704. The number of rotatable bonds is 3. The summed E-state index contributed by atoms with van der Waals surface area (Å²) in [6, 6.07) is 16.0. The summed E-state index contributed by atoms with van der Waals surface area (Å²) in [6.07, 6.45) is -2.62. The maximum absolute atomic E-state index is 13.3. The van der Waals surface area contributed by atoms with Gasteiger partial charge in [0.25, 0.3) is 0 Å². The van der Waals surface area contributed by atoms with Gasteiger partial charge in [-0.15, -0.1) is 0 Å². The van der Waals surface area contributed by atoms with Crippen molar-refractivity contribution in [1.82, 2.24) is 8.87 Å². The van der Waals surface area contributed by atoms with Gasteiger partial charge in [-0.1, -0.05) is 30.3 Å². The molecule has 1 unspecified atom stereocenters. The first kappa shape index (κ1) is 18.8. The van der Waals surface area contributed by atoms with Crippen LogP contribution in [0.25, 0.3) is 0 Å². The number of alkyl halides is 3. The molecule has 0 amide bonds. The lowest BCUT2D eigenvalue weighted by atomic mass is 10.0. The van der Waals surface area contributed by atoms with Crippen molar-refractivity contribution >= 4 is 10.0 Å². The molecule has 0 fully saturated rings. The molecule has 0 spiro atoms. The molecule has 28 heavy (non-hydrogen) atoms. The molecule has 1 aliphatic rings. The number of hydrogen-bond acceptors (Lipinski definition) is 2. The SMILES string of the molecule is O=S(=O)(c1ccc(C(F)(F)F)cc1)N1CCn2cccc2C1c1ccccc1. The molecule has 0 saturated carbocycles. The molecule has 3 aromatic rings. The van der Waals surface area contributed by atoms with Crippen molar-refractivity contribution in [1.29, 1.82) is 0 Å². The van der Waals surface area contributed by atoms with Crippen molar-refractivity contribution in [3.05, 3.63) is 89.7 Å². The molecular weight excluding hydrogens is 389 g/mol. The third-order valence-electron chi connectivity index (χ3n) is 4.90. The number of fused-ring (bicyclic) bond motifs is 1. The van der Waals surface area contributed by atoms with E-state index in [9.17, 15) is 21.6 Å². The second kappa shape index (κ2) is 6.79. The van der Waals surface area contributed by atoms with E-state index in [-0.39, 0.29) is 11.4 Å². The van der Waals surface area contributed by atoms with Crippen LogP contribution in [0.4, 0.5) is 13.2 Å². The van der Waals surface area contributed by atoms with Gasteiger partial charge in [0.15, 0.2) is 0 Å². The summed E-state index contributed by atoms with van der Waals surface area (Å²) in [5, 5.41) is 0. The van der Waals surface area contributed by atoms with Crippen LogP contribution in [0.3, 0.4) is 0 Å². The molecule has 4 nitrogen and oxygen atoms in total. The Morgan fingerprint density at radius 3 is 2.18 bits per heavy atom. The zero-order valence-corrected chi connectivity index (χ0v) is 15.5. The zero-order chi connectivity index (χ0) is 19.9. The van der Waals surface area contributed by atoms with Gasteiger partial charge in [0.05, 0.1) is 16.5 Å². The lowest BCUT2D eigenvalue weighted by Gasteiger charge is -2.36. The van der Waals surface area contributed by atoms with Crippen molar-refractivity contribution in [3.8, 4) is 0 Å². The van der Waals surface area contributed by atoms with Gasteiger partial charge in [-0.05, 0) is 42.0 Å². The van der Waals surface area contributed by atoms with Gasteiger partial charge >= 0.3 is 6.18 Å². The molecule has 146 valence electrons. The molecule has 0 radical (unpaired) electrons. The lowest BCUT2D eigenvalue weighted by Crippen LogP contribution is -2.42. The maximum atomic E-state index is 13.3. The predicted octanol–water partition coefficient (Wildman–Crippen LogP) is 4.30. The van der Waals surface area contributed by atoms with Crippen LogP contribution >= 0.6 is 0 Å². The number of halogens is 3. The number of hydrogen-bond donors (Lipinski definition) is 0. The van der Waals surface area contributed by atoms with Crippen molar-refractivity contribution < 1.29 is 21.6 Å². The summed E-state index contributed by atoms with van der Waals surface area (Å²) in [4.78, 5) is -0.151. The molecule has 0 aliphatic carbocycles. The Morgan fingerprint density at radius 1 is 0.857 bits per heavy atom. The second-order valence-electron chi connectivity index (χ2n) is 6.58. The van der Waals surface area contributed by atoms with Gasteiger partial charge in [-0.2, -0.15) is 17.5 Å². The Kier molecular flexibility index (Phi) is 4.55. The quantitative estimate of drug-likeness (QED) is 0.651. The van der Waals surface area contributed by atoms with Gasteiger partial charge in [-0.3, -0.25) is 0 Å². The fourth-order valence-corrected chi connectivity index (χ4v) is 5.12. The highest BCUT2D eigenvalue weighted by atomic mass is 32.2. The normalized spacial score (nSPS) is 18.0. The van der Waals surface area contributed by atoms with Crippen molar-refractivity contribution in [3.63, 3.8) is 0 Å². The van der Waals surface area contributed by atoms with Crippen LogP contribution < -0.4 is 0 Å². The van der Waals surface area contributed by atoms with Crippen molar-refractivity contribution in [2.75, 3.05) is 6.54 Å². The summed E-state index contributed by atoms with van der Waals surface area (Å²) in [5.74, 6) is 0. The molecule has 0 N–H and O–H groups in total. The third-order valence-corrected chi connectivity index (χ3v) is 6.78. The Labute approximate surface area is 160 Å². The molecule has 1 aromatic heterocycles. The van der Waals surface area contributed by atoms with Crippen molar-refractivity contribution in [2.45, 2.75) is 23.7 Å². The maximum Gasteiger partial charge on any atom is 0.416 e. The van der Waals surface area contributed by atoms with E-state index >= 15 is 0 Å². The fourth-order valence-electron chi connectivity index (χ4n) is 3.54. The van der Waals surface area contributed by atoms with E-state index in [1.165, 1.54) is 4.31 Å². The molecule has 1 atom stereocenters. The van der Waals surface area contributed by atoms with Gasteiger partial charge in [0.2, 0.25) is 10.0 Å². The highest BCUT2D eigenvalue weighted by Gasteiger charge is 2.38. The van der Waals surface area contributed by atoms with E-state index in [2.05, 4.69) is 0 Å². The monoisotopic (exact) mass is 406 g/mol. The number of nitrogens with zero attached hydrogens (tertiary/aromatic N) is 2. The minimum Gasteiger partial charge on any atom is -0.348 e. The second-order valence-corrected chi connectivity index (χ2v) is 8.47. The number of benzene rings is 2. The van der Waals surface area contributed by atoms with Crippen LogP contribution in [0.15, 0.2) is 77.8 Å². The molecule has 1 aliphatic heterocycles. The molecule has 0 saturated heterocycles. The van der Waals surface area contributed by atoms with E-state index in [1.807, 2.05) is 53.2 Å². The van der Waals surface area contributed by atoms with Crippen LogP contribution in [0.2, 0.25) is 0 Å².